The van der Waals surface area contributed by atoms with Crippen LogP contribution in [0.3, 0.4) is 0 Å². The molecule has 0 heterocycles. The molecule has 1 rings (SSSR count). The average Bonchev–Trinajstić information content (AvgIpc) is 2.83. The van der Waals surface area contributed by atoms with Crippen molar-refractivity contribution >= 4 is 8.32 Å². The van der Waals surface area contributed by atoms with E-state index in [0.717, 1.165) is 57.1 Å². The fourth-order valence-electron chi connectivity index (χ4n) is 3.87. The van der Waals surface area contributed by atoms with Crippen LogP contribution >= 0.6 is 0 Å². The minimum absolute atomic E-state index is 0.243. The molecule has 5 heteroatoms. The Morgan fingerprint density at radius 3 is 2.11 bits per heavy atom. The minimum Gasteiger partial charge on any atom is -0.417 e. The lowest BCUT2D eigenvalue weighted by atomic mass is 10.0. The van der Waals surface area contributed by atoms with Gasteiger partial charge in [0.25, 0.3) is 0 Å². The molecule has 1 aromatic rings. The molecule has 2 N–H and O–H groups in total. The zero-order chi connectivity index (χ0) is 26.9. The zero-order valence-corrected chi connectivity index (χ0v) is 25.2. The molecule has 36 heavy (non-hydrogen) atoms. The average molecular weight is 521 g/mol. The van der Waals surface area contributed by atoms with Crippen LogP contribution in [-0.2, 0) is 15.8 Å². The molecular weight excluding hydrogens is 464 g/mol. The molecule has 0 fully saturated rings. The molecule has 0 bridgehead atoms. The van der Waals surface area contributed by atoms with Gasteiger partial charge in [-0.05, 0) is 43.0 Å². The SMILES string of the molecule is CCCCCCCC[C@H](O)[C@@H](/C=C/[C@@H](O)CCCCCO[Si](C)(C)C(C)(C)C)OCc1ccccc1. The Morgan fingerprint density at radius 1 is 0.833 bits per heavy atom. The van der Waals surface area contributed by atoms with E-state index < -0.39 is 26.6 Å². The standard InChI is InChI=1S/C31H56O4Si/c1-7-8-9-10-11-17-22-29(33)30(34-26-27-19-14-12-15-20-27)24-23-28(32)21-16-13-18-25-35-36(5,6)31(2,3)4/h12,14-15,19-20,23-24,28-30,32-33H,7-11,13,16-18,21-22,25-26H2,1-6H3/b24-23+/t28-,29-,30+/m0/s1. The molecule has 0 amide bonds. The van der Waals surface area contributed by atoms with Crippen molar-refractivity contribution in [2.75, 3.05) is 6.61 Å². The minimum atomic E-state index is -1.67. The molecule has 0 spiro atoms. The van der Waals surface area contributed by atoms with Crippen LogP contribution in [0.1, 0.15) is 104 Å². The second-order valence-electron chi connectivity index (χ2n) is 11.8. The highest BCUT2D eigenvalue weighted by Crippen LogP contribution is 2.36. The highest BCUT2D eigenvalue weighted by atomic mass is 28.4. The highest BCUT2D eigenvalue weighted by Gasteiger charge is 2.36. The summed E-state index contributed by atoms with van der Waals surface area (Å²) in [5.41, 5.74) is 1.09. The molecule has 3 atom stereocenters. The van der Waals surface area contributed by atoms with Crippen molar-refractivity contribution in [2.24, 2.45) is 0 Å². The van der Waals surface area contributed by atoms with E-state index in [-0.39, 0.29) is 5.04 Å². The summed E-state index contributed by atoms with van der Waals surface area (Å²) in [6, 6.07) is 10.0. The van der Waals surface area contributed by atoms with Gasteiger partial charge in [0.15, 0.2) is 8.32 Å². The van der Waals surface area contributed by atoms with Crippen LogP contribution in [0, 0.1) is 0 Å². The Kier molecular flexibility index (Phi) is 16.8. The van der Waals surface area contributed by atoms with Gasteiger partial charge in [0.1, 0.15) is 6.10 Å². The summed E-state index contributed by atoms with van der Waals surface area (Å²) in [4.78, 5) is 0. The maximum atomic E-state index is 10.8. The summed E-state index contributed by atoms with van der Waals surface area (Å²) in [5.74, 6) is 0. The van der Waals surface area contributed by atoms with Crippen LogP contribution in [0.15, 0.2) is 42.5 Å². The van der Waals surface area contributed by atoms with Gasteiger partial charge in [-0.1, -0.05) is 122 Å². The van der Waals surface area contributed by atoms with Gasteiger partial charge in [-0.3, -0.25) is 0 Å². The summed E-state index contributed by atoms with van der Waals surface area (Å²) < 4.78 is 12.3. The van der Waals surface area contributed by atoms with E-state index in [1.807, 2.05) is 42.5 Å². The number of hydrogen-bond donors (Lipinski definition) is 2. The maximum Gasteiger partial charge on any atom is 0.191 e. The number of aliphatic hydroxyl groups excluding tert-OH is 2. The van der Waals surface area contributed by atoms with E-state index in [0.29, 0.717) is 6.61 Å². The van der Waals surface area contributed by atoms with Gasteiger partial charge < -0.3 is 19.4 Å². The highest BCUT2D eigenvalue weighted by molar-refractivity contribution is 6.74. The first-order valence-electron chi connectivity index (χ1n) is 14.4. The molecule has 0 saturated carbocycles. The van der Waals surface area contributed by atoms with E-state index >= 15 is 0 Å². The van der Waals surface area contributed by atoms with Gasteiger partial charge in [0, 0.05) is 6.61 Å². The number of unbranched alkanes of at least 4 members (excludes halogenated alkanes) is 7. The van der Waals surface area contributed by atoms with Crippen LogP contribution in [0.4, 0.5) is 0 Å². The lowest BCUT2D eigenvalue weighted by Gasteiger charge is -2.36. The van der Waals surface area contributed by atoms with Crippen molar-refractivity contribution in [3.63, 3.8) is 0 Å². The third kappa shape index (κ3) is 14.7. The Labute approximate surface area is 223 Å². The van der Waals surface area contributed by atoms with Crippen molar-refractivity contribution in [1.29, 1.82) is 0 Å². The van der Waals surface area contributed by atoms with Crippen LogP contribution in [-0.4, -0.2) is 43.4 Å². The summed E-state index contributed by atoms with van der Waals surface area (Å²) in [6.07, 6.45) is 13.9. The molecule has 0 aromatic heterocycles. The molecule has 0 aliphatic rings. The first kappa shape index (κ1) is 33.0. The topological polar surface area (TPSA) is 58.9 Å². The van der Waals surface area contributed by atoms with E-state index in [1.165, 1.54) is 25.7 Å². The van der Waals surface area contributed by atoms with Gasteiger partial charge >= 0.3 is 0 Å². The summed E-state index contributed by atoms with van der Waals surface area (Å²) in [5, 5.41) is 21.6. The number of benzene rings is 1. The molecule has 0 aliphatic heterocycles. The normalized spacial score (nSPS) is 15.3. The molecule has 1 aromatic carbocycles. The van der Waals surface area contributed by atoms with Crippen molar-refractivity contribution in [3.8, 4) is 0 Å². The van der Waals surface area contributed by atoms with Gasteiger partial charge in [-0.25, -0.2) is 0 Å². The summed E-state index contributed by atoms with van der Waals surface area (Å²) in [7, 11) is -1.67. The van der Waals surface area contributed by atoms with Crippen molar-refractivity contribution < 1.29 is 19.4 Å². The molecule has 0 unspecified atom stereocenters. The second-order valence-corrected chi connectivity index (χ2v) is 16.6. The van der Waals surface area contributed by atoms with Gasteiger partial charge in [0.05, 0.1) is 18.8 Å². The molecule has 0 saturated heterocycles. The fraction of sp³-hybridized carbons (Fsp3) is 0.742. The molecule has 0 radical (unpaired) electrons. The lowest BCUT2D eigenvalue weighted by Crippen LogP contribution is -2.40. The van der Waals surface area contributed by atoms with Gasteiger partial charge in [0.2, 0.25) is 0 Å². The quantitative estimate of drug-likeness (QED) is 0.103. The molecule has 0 aliphatic carbocycles. The Hall–Kier alpha value is -0.983. The first-order chi connectivity index (χ1) is 17.1. The third-order valence-corrected chi connectivity index (χ3v) is 12.0. The number of ether oxygens (including phenoxy) is 1. The van der Waals surface area contributed by atoms with E-state index in [2.05, 4.69) is 40.8 Å². The van der Waals surface area contributed by atoms with Crippen molar-refractivity contribution in [1.82, 2.24) is 0 Å². The Balaban J connectivity index is 2.45. The predicted octanol–water partition coefficient (Wildman–Crippen LogP) is 8.18. The Morgan fingerprint density at radius 2 is 1.44 bits per heavy atom. The lowest BCUT2D eigenvalue weighted by molar-refractivity contribution is -0.0230. The zero-order valence-electron chi connectivity index (χ0n) is 24.2. The van der Waals surface area contributed by atoms with E-state index in [1.54, 1.807) is 0 Å². The number of rotatable bonds is 20. The summed E-state index contributed by atoms with van der Waals surface area (Å²) in [6.45, 7) is 14.9. The molecular formula is C31H56O4Si. The van der Waals surface area contributed by atoms with Crippen molar-refractivity contribution in [3.05, 3.63) is 48.0 Å². The van der Waals surface area contributed by atoms with Crippen molar-refractivity contribution in [2.45, 2.75) is 141 Å². The van der Waals surface area contributed by atoms with Gasteiger partial charge in [-0.2, -0.15) is 0 Å². The van der Waals surface area contributed by atoms with E-state index in [9.17, 15) is 10.2 Å². The number of aliphatic hydroxyl groups is 2. The monoisotopic (exact) mass is 520 g/mol. The predicted molar refractivity (Wildman–Crippen MR) is 156 cm³/mol. The van der Waals surface area contributed by atoms with Crippen LogP contribution in [0.2, 0.25) is 18.1 Å². The van der Waals surface area contributed by atoms with Crippen LogP contribution in [0.5, 0.6) is 0 Å². The van der Waals surface area contributed by atoms with E-state index in [4.69, 9.17) is 9.16 Å². The Bertz CT molecular complexity index is 684. The maximum absolute atomic E-state index is 10.8. The largest absolute Gasteiger partial charge is 0.417 e. The second kappa shape index (κ2) is 18.3. The van der Waals surface area contributed by atoms with Crippen LogP contribution in [0.25, 0.3) is 0 Å². The van der Waals surface area contributed by atoms with Gasteiger partial charge in [-0.15, -0.1) is 0 Å². The third-order valence-electron chi connectivity index (χ3n) is 7.45. The number of hydrogen-bond acceptors (Lipinski definition) is 4. The van der Waals surface area contributed by atoms with Crippen LogP contribution < -0.4 is 0 Å². The summed E-state index contributed by atoms with van der Waals surface area (Å²) >= 11 is 0. The first-order valence-corrected chi connectivity index (χ1v) is 17.3. The fourth-order valence-corrected chi connectivity index (χ4v) is 4.96. The molecule has 208 valence electrons. The smallest absolute Gasteiger partial charge is 0.191 e. The molecule has 4 nitrogen and oxygen atoms in total.